The SMILES string of the molecule is C/C=C/CCC1CCC(C2CCC(c3ccc(-c4ccc(OCCC)c(F)c4F)cc3)OC2)CC1. The first-order valence-electron chi connectivity index (χ1n) is 13.5. The molecule has 4 heteroatoms. The van der Waals surface area contributed by atoms with E-state index in [1.807, 2.05) is 31.2 Å². The zero-order chi connectivity index (χ0) is 24.6. The minimum Gasteiger partial charge on any atom is -0.490 e. The number of hydrogen-bond acceptors (Lipinski definition) is 2. The molecule has 1 aliphatic heterocycles. The molecule has 190 valence electrons. The van der Waals surface area contributed by atoms with Gasteiger partial charge in [0.1, 0.15) is 0 Å². The van der Waals surface area contributed by atoms with Crippen LogP contribution in [0.4, 0.5) is 8.78 Å². The second kappa shape index (κ2) is 12.7. The van der Waals surface area contributed by atoms with Crippen LogP contribution in [0, 0.1) is 29.4 Å². The predicted octanol–water partition coefficient (Wildman–Crippen LogP) is 9.05. The molecule has 1 saturated heterocycles. The minimum atomic E-state index is -0.923. The molecule has 2 aromatic rings. The van der Waals surface area contributed by atoms with Crippen molar-refractivity contribution in [3.63, 3.8) is 0 Å². The summed E-state index contributed by atoms with van der Waals surface area (Å²) in [5.41, 5.74) is 2.03. The van der Waals surface area contributed by atoms with E-state index in [9.17, 15) is 8.78 Å². The highest BCUT2D eigenvalue weighted by Crippen LogP contribution is 2.41. The molecule has 1 aliphatic carbocycles. The zero-order valence-corrected chi connectivity index (χ0v) is 21.3. The van der Waals surface area contributed by atoms with Crippen LogP contribution in [0.3, 0.4) is 0 Å². The smallest absolute Gasteiger partial charge is 0.201 e. The van der Waals surface area contributed by atoms with E-state index in [1.54, 1.807) is 6.07 Å². The highest BCUT2D eigenvalue weighted by molar-refractivity contribution is 5.65. The highest BCUT2D eigenvalue weighted by atomic mass is 19.2. The average molecular weight is 483 g/mol. The second-order valence-electron chi connectivity index (χ2n) is 10.3. The molecule has 0 N–H and O–H groups in total. The Labute approximate surface area is 209 Å². The third-order valence-corrected chi connectivity index (χ3v) is 7.95. The van der Waals surface area contributed by atoms with E-state index in [1.165, 1.54) is 51.0 Å². The Morgan fingerprint density at radius 1 is 0.914 bits per heavy atom. The van der Waals surface area contributed by atoms with Crippen molar-refractivity contribution < 1.29 is 18.3 Å². The monoisotopic (exact) mass is 482 g/mol. The Hall–Kier alpha value is -2.20. The molecule has 1 heterocycles. The fourth-order valence-corrected chi connectivity index (χ4v) is 5.81. The van der Waals surface area contributed by atoms with E-state index in [-0.39, 0.29) is 17.4 Å². The van der Waals surface area contributed by atoms with Crippen molar-refractivity contribution in [3.8, 4) is 16.9 Å². The molecule has 35 heavy (non-hydrogen) atoms. The van der Waals surface area contributed by atoms with Crippen LogP contribution < -0.4 is 4.74 Å². The molecule has 2 fully saturated rings. The van der Waals surface area contributed by atoms with Crippen LogP contribution in [0.2, 0.25) is 0 Å². The van der Waals surface area contributed by atoms with Crippen LogP contribution >= 0.6 is 0 Å². The molecular formula is C31H40F2O2. The molecule has 0 spiro atoms. The summed E-state index contributed by atoms with van der Waals surface area (Å²) in [6.07, 6.45) is 15.5. The van der Waals surface area contributed by atoms with Crippen molar-refractivity contribution in [2.45, 2.75) is 77.7 Å². The number of hydrogen-bond donors (Lipinski definition) is 0. The molecule has 2 atom stereocenters. The van der Waals surface area contributed by atoms with Gasteiger partial charge in [-0.2, -0.15) is 4.39 Å². The maximum absolute atomic E-state index is 14.7. The molecule has 2 aromatic carbocycles. The van der Waals surface area contributed by atoms with Gasteiger partial charge in [0.25, 0.3) is 0 Å². The first-order chi connectivity index (χ1) is 17.1. The van der Waals surface area contributed by atoms with Crippen molar-refractivity contribution in [2.75, 3.05) is 13.2 Å². The van der Waals surface area contributed by atoms with Crippen LogP contribution in [-0.2, 0) is 4.74 Å². The van der Waals surface area contributed by atoms with Gasteiger partial charge >= 0.3 is 0 Å². The van der Waals surface area contributed by atoms with E-state index in [0.717, 1.165) is 36.8 Å². The fourth-order valence-electron chi connectivity index (χ4n) is 5.81. The molecule has 2 unspecified atom stereocenters. The van der Waals surface area contributed by atoms with E-state index in [0.29, 0.717) is 18.1 Å². The largest absolute Gasteiger partial charge is 0.490 e. The lowest BCUT2D eigenvalue weighted by Crippen LogP contribution is -2.29. The van der Waals surface area contributed by atoms with Crippen LogP contribution in [0.15, 0.2) is 48.6 Å². The molecule has 0 bridgehead atoms. The first kappa shape index (κ1) is 25.9. The quantitative estimate of drug-likeness (QED) is 0.332. The third-order valence-electron chi connectivity index (χ3n) is 7.95. The molecule has 2 nitrogen and oxygen atoms in total. The van der Waals surface area contributed by atoms with Crippen molar-refractivity contribution in [1.29, 1.82) is 0 Å². The van der Waals surface area contributed by atoms with Gasteiger partial charge in [-0.1, -0.05) is 56.2 Å². The van der Waals surface area contributed by atoms with Gasteiger partial charge in [-0.25, -0.2) is 4.39 Å². The maximum Gasteiger partial charge on any atom is 0.201 e. The normalized spacial score (nSPS) is 25.1. The molecular weight excluding hydrogens is 442 g/mol. The molecule has 0 amide bonds. The number of ether oxygens (including phenoxy) is 2. The lowest BCUT2D eigenvalue weighted by Gasteiger charge is -2.38. The Balaban J connectivity index is 1.29. The van der Waals surface area contributed by atoms with Gasteiger partial charge < -0.3 is 9.47 Å². The van der Waals surface area contributed by atoms with Gasteiger partial charge in [-0.3, -0.25) is 0 Å². The average Bonchev–Trinajstić information content (AvgIpc) is 2.90. The standard InChI is InChI=1S/C31H40F2O2/c1-3-5-6-7-22-8-10-23(11-9-22)26-16-18-28(35-21-26)25-14-12-24(13-15-25)27-17-19-29(34-20-4-2)31(33)30(27)32/h3,5,12-15,17,19,22-23,26,28H,4,6-11,16,18,20-21H2,1-2H3/b5-3+. The summed E-state index contributed by atoms with van der Waals surface area (Å²) in [7, 11) is 0. The van der Waals surface area contributed by atoms with E-state index < -0.39 is 11.6 Å². The molecule has 0 radical (unpaired) electrons. The summed E-state index contributed by atoms with van der Waals surface area (Å²) in [5.74, 6) is 0.563. The van der Waals surface area contributed by atoms with E-state index >= 15 is 0 Å². The summed E-state index contributed by atoms with van der Waals surface area (Å²) < 4.78 is 40.7. The first-order valence-corrected chi connectivity index (χ1v) is 13.5. The minimum absolute atomic E-state index is 0.0305. The molecule has 1 saturated carbocycles. The van der Waals surface area contributed by atoms with Crippen LogP contribution in [0.5, 0.6) is 5.75 Å². The Bertz CT molecular complexity index is 953. The lowest BCUT2D eigenvalue weighted by molar-refractivity contribution is -0.0404. The van der Waals surface area contributed by atoms with Crippen LogP contribution in [0.1, 0.15) is 83.3 Å². The number of halogens is 2. The van der Waals surface area contributed by atoms with Crippen LogP contribution in [-0.4, -0.2) is 13.2 Å². The predicted molar refractivity (Wildman–Crippen MR) is 138 cm³/mol. The number of rotatable bonds is 9. The molecule has 0 aromatic heterocycles. The number of allylic oxidation sites excluding steroid dienone is 2. The van der Waals surface area contributed by atoms with Gasteiger partial charge in [0.2, 0.25) is 5.82 Å². The second-order valence-corrected chi connectivity index (χ2v) is 10.3. The molecule has 2 aliphatic rings. The van der Waals surface area contributed by atoms with Gasteiger partial charge in [0.15, 0.2) is 11.6 Å². The van der Waals surface area contributed by atoms with Crippen LogP contribution in [0.25, 0.3) is 11.1 Å². The Kier molecular flexibility index (Phi) is 9.37. The van der Waals surface area contributed by atoms with Crippen molar-refractivity contribution in [3.05, 3.63) is 65.7 Å². The Morgan fingerprint density at radius 2 is 1.66 bits per heavy atom. The van der Waals surface area contributed by atoms with Gasteiger partial charge in [0.05, 0.1) is 19.3 Å². The third kappa shape index (κ3) is 6.52. The highest BCUT2D eigenvalue weighted by Gasteiger charge is 2.31. The fraction of sp³-hybridized carbons (Fsp3) is 0.548. The maximum atomic E-state index is 14.7. The van der Waals surface area contributed by atoms with Crippen molar-refractivity contribution in [2.24, 2.45) is 17.8 Å². The zero-order valence-electron chi connectivity index (χ0n) is 21.3. The van der Waals surface area contributed by atoms with Gasteiger partial charge in [-0.05, 0) is 92.9 Å². The lowest BCUT2D eigenvalue weighted by atomic mass is 9.72. The van der Waals surface area contributed by atoms with E-state index in [2.05, 4.69) is 19.1 Å². The van der Waals surface area contributed by atoms with Gasteiger partial charge in [0, 0.05) is 5.56 Å². The molecule has 4 rings (SSSR count). The van der Waals surface area contributed by atoms with Gasteiger partial charge in [-0.15, -0.1) is 0 Å². The summed E-state index contributed by atoms with van der Waals surface area (Å²) in [6.45, 7) is 5.23. The summed E-state index contributed by atoms with van der Waals surface area (Å²) in [5, 5.41) is 0. The van der Waals surface area contributed by atoms with Crippen molar-refractivity contribution >= 4 is 0 Å². The van der Waals surface area contributed by atoms with Crippen molar-refractivity contribution in [1.82, 2.24) is 0 Å². The number of benzene rings is 2. The topological polar surface area (TPSA) is 18.5 Å². The summed E-state index contributed by atoms with van der Waals surface area (Å²) in [4.78, 5) is 0. The summed E-state index contributed by atoms with van der Waals surface area (Å²) >= 11 is 0. The summed E-state index contributed by atoms with van der Waals surface area (Å²) in [6, 6.07) is 10.8. The van der Waals surface area contributed by atoms with E-state index in [4.69, 9.17) is 9.47 Å². The Morgan fingerprint density at radius 3 is 2.31 bits per heavy atom.